The van der Waals surface area contributed by atoms with Crippen molar-refractivity contribution >= 4 is 22.8 Å². The van der Waals surface area contributed by atoms with Gasteiger partial charge in [-0.25, -0.2) is 4.39 Å². The summed E-state index contributed by atoms with van der Waals surface area (Å²) in [5.41, 5.74) is 2.05. The normalized spacial score (nSPS) is 18.1. The van der Waals surface area contributed by atoms with E-state index in [4.69, 9.17) is 4.99 Å². The molecule has 1 aliphatic heterocycles. The van der Waals surface area contributed by atoms with Crippen LogP contribution in [-0.2, 0) is 11.2 Å². The second kappa shape index (κ2) is 10.8. The van der Waals surface area contributed by atoms with Gasteiger partial charge in [0.15, 0.2) is 5.96 Å². The van der Waals surface area contributed by atoms with Gasteiger partial charge in [-0.1, -0.05) is 6.42 Å². The number of benzene rings is 1. The topological polar surface area (TPSA) is 75.8 Å². The van der Waals surface area contributed by atoms with Crippen LogP contribution in [0.1, 0.15) is 31.7 Å². The van der Waals surface area contributed by atoms with Gasteiger partial charge in [-0.05, 0) is 49.9 Å². The SMILES string of the molecule is CCNC(=NCCN1CCN(C(=O)C2CCC2)CC1)NCCc1c[nH]c2ccc(F)cc12. The maximum absolute atomic E-state index is 13.6. The Morgan fingerprint density at radius 3 is 2.75 bits per heavy atom. The number of amides is 1. The summed E-state index contributed by atoms with van der Waals surface area (Å²) in [7, 11) is 0. The number of H-pyrrole nitrogens is 1. The highest BCUT2D eigenvalue weighted by molar-refractivity contribution is 5.83. The molecule has 1 aromatic carbocycles. The summed E-state index contributed by atoms with van der Waals surface area (Å²) in [6.07, 6.45) is 6.09. The van der Waals surface area contributed by atoms with Gasteiger partial charge in [0.1, 0.15) is 5.82 Å². The van der Waals surface area contributed by atoms with Crippen molar-refractivity contribution < 1.29 is 9.18 Å². The number of fused-ring (bicyclic) bond motifs is 1. The van der Waals surface area contributed by atoms with Crippen molar-refractivity contribution in [2.45, 2.75) is 32.6 Å². The number of guanidine groups is 1. The average Bonchev–Trinajstić information content (AvgIpc) is 3.15. The summed E-state index contributed by atoms with van der Waals surface area (Å²) in [6.45, 7) is 8.70. The van der Waals surface area contributed by atoms with Crippen LogP contribution >= 0.6 is 0 Å². The summed E-state index contributed by atoms with van der Waals surface area (Å²) in [6, 6.07) is 4.83. The highest BCUT2D eigenvalue weighted by Gasteiger charge is 2.30. The molecule has 8 heteroatoms. The molecule has 2 heterocycles. The van der Waals surface area contributed by atoms with E-state index in [9.17, 15) is 9.18 Å². The molecule has 0 atom stereocenters. The standard InChI is InChI=1S/C24H35FN6O/c1-2-26-24(27-9-8-19-17-29-22-7-6-20(25)16-21(19)22)28-10-11-30-12-14-31(15-13-30)23(32)18-4-3-5-18/h6-7,16-18,29H,2-5,8-15H2,1H3,(H2,26,27,28). The maximum atomic E-state index is 13.6. The molecule has 3 N–H and O–H groups in total. The van der Waals surface area contributed by atoms with E-state index >= 15 is 0 Å². The molecule has 1 saturated carbocycles. The molecule has 32 heavy (non-hydrogen) atoms. The van der Waals surface area contributed by atoms with Gasteiger partial charge < -0.3 is 20.5 Å². The number of aromatic amines is 1. The van der Waals surface area contributed by atoms with E-state index in [0.29, 0.717) is 18.4 Å². The molecule has 0 spiro atoms. The quantitative estimate of drug-likeness (QED) is 0.433. The lowest BCUT2D eigenvalue weighted by Crippen LogP contribution is -2.51. The first-order chi connectivity index (χ1) is 15.6. The fourth-order valence-electron chi connectivity index (χ4n) is 4.42. The Hall–Kier alpha value is -2.61. The molecule has 2 aromatic rings. The Labute approximate surface area is 189 Å². The highest BCUT2D eigenvalue weighted by Crippen LogP contribution is 2.28. The number of carbonyl (C=O) groups is 1. The molecule has 0 bridgehead atoms. The molecule has 1 saturated heterocycles. The van der Waals surface area contributed by atoms with Gasteiger partial charge in [0.05, 0.1) is 6.54 Å². The monoisotopic (exact) mass is 442 g/mol. The lowest BCUT2D eigenvalue weighted by molar-refractivity contribution is -0.139. The van der Waals surface area contributed by atoms with Crippen molar-refractivity contribution in [1.29, 1.82) is 0 Å². The minimum Gasteiger partial charge on any atom is -0.361 e. The van der Waals surface area contributed by atoms with E-state index in [0.717, 1.165) is 87.5 Å². The van der Waals surface area contributed by atoms with Crippen LogP contribution in [0.25, 0.3) is 10.9 Å². The lowest BCUT2D eigenvalue weighted by Gasteiger charge is -2.38. The molecule has 0 radical (unpaired) electrons. The Bertz CT molecular complexity index is 930. The Morgan fingerprint density at radius 1 is 1.22 bits per heavy atom. The number of piperazine rings is 1. The average molecular weight is 443 g/mol. The molecule has 0 unspecified atom stereocenters. The molecule has 2 fully saturated rings. The summed E-state index contributed by atoms with van der Waals surface area (Å²) in [5, 5.41) is 7.61. The van der Waals surface area contributed by atoms with Gasteiger partial charge in [-0.15, -0.1) is 0 Å². The van der Waals surface area contributed by atoms with Gasteiger partial charge in [0.25, 0.3) is 0 Å². The predicted octanol–water partition coefficient (Wildman–Crippen LogP) is 2.35. The first-order valence-corrected chi connectivity index (χ1v) is 11.9. The fraction of sp³-hybridized carbons (Fsp3) is 0.583. The van der Waals surface area contributed by atoms with Crippen LogP contribution in [0.4, 0.5) is 4.39 Å². The molecule has 7 nitrogen and oxygen atoms in total. The van der Waals surface area contributed by atoms with Crippen LogP contribution in [0.2, 0.25) is 0 Å². The Balaban J connectivity index is 1.20. The second-order valence-electron chi connectivity index (χ2n) is 8.74. The molecular formula is C24H35FN6O. The van der Waals surface area contributed by atoms with Gasteiger partial charge in [0, 0.05) is 68.8 Å². The molecule has 1 aromatic heterocycles. The fourth-order valence-corrected chi connectivity index (χ4v) is 4.42. The van der Waals surface area contributed by atoms with E-state index < -0.39 is 0 Å². The number of nitrogens with zero attached hydrogens (tertiary/aromatic N) is 3. The van der Waals surface area contributed by atoms with Crippen LogP contribution in [0.3, 0.4) is 0 Å². The zero-order valence-electron chi connectivity index (χ0n) is 19.0. The highest BCUT2D eigenvalue weighted by atomic mass is 19.1. The molecule has 2 aliphatic rings. The van der Waals surface area contributed by atoms with Gasteiger partial charge in [0.2, 0.25) is 5.91 Å². The molecule has 1 aliphatic carbocycles. The summed E-state index contributed by atoms with van der Waals surface area (Å²) < 4.78 is 13.6. The lowest BCUT2D eigenvalue weighted by atomic mass is 9.84. The molecule has 4 rings (SSSR count). The molecule has 1 amide bonds. The van der Waals surface area contributed by atoms with Crippen molar-refractivity contribution in [2.24, 2.45) is 10.9 Å². The van der Waals surface area contributed by atoms with E-state index in [1.165, 1.54) is 12.5 Å². The summed E-state index contributed by atoms with van der Waals surface area (Å²) in [4.78, 5) is 24.7. The van der Waals surface area contributed by atoms with E-state index in [1.807, 2.05) is 11.1 Å². The van der Waals surface area contributed by atoms with Crippen LogP contribution in [0.5, 0.6) is 0 Å². The van der Waals surface area contributed by atoms with Crippen LogP contribution in [0, 0.1) is 11.7 Å². The zero-order valence-corrected chi connectivity index (χ0v) is 19.0. The number of rotatable bonds is 8. The van der Waals surface area contributed by atoms with Gasteiger partial charge in [-0.2, -0.15) is 0 Å². The van der Waals surface area contributed by atoms with Crippen LogP contribution in [0.15, 0.2) is 29.4 Å². The number of nitrogens with one attached hydrogen (secondary N) is 3. The first-order valence-electron chi connectivity index (χ1n) is 11.9. The zero-order chi connectivity index (χ0) is 22.3. The van der Waals surface area contributed by atoms with Crippen molar-refractivity contribution in [2.75, 3.05) is 52.4 Å². The molecular weight excluding hydrogens is 407 g/mol. The number of hydrogen-bond donors (Lipinski definition) is 3. The number of aromatic nitrogens is 1. The van der Waals surface area contributed by atoms with Crippen LogP contribution in [-0.4, -0.2) is 79.0 Å². The Kier molecular flexibility index (Phi) is 7.63. The largest absolute Gasteiger partial charge is 0.361 e. The van der Waals surface area contributed by atoms with Crippen LogP contribution < -0.4 is 10.6 Å². The first kappa shape index (κ1) is 22.6. The minimum absolute atomic E-state index is 0.213. The Morgan fingerprint density at radius 2 is 2.03 bits per heavy atom. The smallest absolute Gasteiger partial charge is 0.225 e. The third kappa shape index (κ3) is 5.59. The number of hydrogen-bond acceptors (Lipinski definition) is 3. The second-order valence-corrected chi connectivity index (χ2v) is 8.74. The maximum Gasteiger partial charge on any atom is 0.225 e. The number of carbonyl (C=O) groups excluding carboxylic acids is 1. The van der Waals surface area contributed by atoms with Crippen molar-refractivity contribution in [3.63, 3.8) is 0 Å². The third-order valence-corrected chi connectivity index (χ3v) is 6.58. The van der Waals surface area contributed by atoms with Crippen molar-refractivity contribution in [1.82, 2.24) is 25.4 Å². The van der Waals surface area contributed by atoms with E-state index in [-0.39, 0.29) is 5.82 Å². The molecule has 174 valence electrons. The minimum atomic E-state index is -0.213. The van der Waals surface area contributed by atoms with E-state index in [1.54, 1.807) is 12.1 Å². The van der Waals surface area contributed by atoms with E-state index in [2.05, 4.69) is 27.4 Å². The van der Waals surface area contributed by atoms with Crippen molar-refractivity contribution in [3.05, 3.63) is 35.8 Å². The summed E-state index contributed by atoms with van der Waals surface area (Å²) >= 11 is 0. The van der Waals surface area contributed by atoms with Gasteiger partial charge >= 0.3 is 0 Å². The number of aliphatic imine (C=N–C) groups is 1. The predicted molar refractivity (Wildman–Crippen MR) is 126 cm³/mol. The van der Waals surface area contributed by atoms with Crippen molar-refractivity contribution in [3.8, 4) is 0 Å². The summed E-state index contributed by atoms with van der Waals surface area (Å²) in [5.74, 6) is 1.25. The number of halogens is 1. The van der Waals surface area contributed by atoms with Gasteiger partial charge in [-0.3, -0.25) is 14.7 Å². The third-order valence-electron chi connectivity index (χ3n) is 6.58.